The van der Waals surface area contributed by atoms with Crippen LogP contribution in [0.4, 0.5) is 0 Å². The topological polar surface area (TPSA) is 43.4 Å². The second kappa shape index (κ2) is 5.61. The number of pyridine rings is 1. The number of hydrogen-bond acceptors (Lipinski definition) is 4. The van der Waals surface area contributed by atoms with Crippen molar-refractivity contribution in [1.82, 2.24) is 10.3 Å². The van der Waals surface area contributed by atoms with Gasteiger partial charge in [0.05, 0.1) is 20.3 Å². The standard InChI is InChI=1S/C18H22N2O2/c1-18(2)11-20-17(12-6-5-7-19-10-12)13-8-15(21-3)16(22-4)9-14(13)18/h5-10,17,20H,11H2,1-4H3. The van der Waals surface area contributed by atoms with Gasteiger partial charge in [-0.3, -0.25) is 4.98 Å². The smallest absolute Gasteiger partial charge is 0.161 e. The lowest BCUT2D eigenvalue weighted by Crippen LogP contribution is -2.42. The summed E-state index contributed by atoms with van der Waals surface area (Å²) in [6.45, 7) is 5.38. The van der Waals surface area contributed by atoms with Crippen molar-refractivity contribution in [2.75, 3.05) is 20.8 Å². The molecule has 1 unspecified atom stereocenters. The number of aromatic nitrogens is 1. The molecule has 116 valence electrons. The second-order valence-corrected chi connectivity index (χ2v) is 6.28. The van der Waals surface area contributed by atoms with Gasteiger partial charge in [-0.05, 0) is 34.9 Å². The first-order chi connectivity index (χ1) is 10.6. The summed E-state index contributed by atoms with van der Waals surface area (Å²) in [5.41, 5.74) is 3.71. The maximum absolute atomic E-state index is 5.49. The Hall–Kier alpha value is -2.07. The predicted molar refractivity (Wildman–Crippen MR) is 86.7 cm³/mol. The minimum Gasteiger partial charge on any atom is -0.493 e. The summed E-state index contributed by atoms with van der Waals surface area (Å²) in [4.78, 5) is 4.25. The van der Waals surface area contributed by atoms with E-state index in [0.717, 1.165) is 23.6 Å². The van der Waals surface area contributed by atoms with Crippen LogP contribution in [0.2, 0.25) is 0 Å². The van der Waals surface area contributed by atoms with Crippen LogP contribution in [0.5, 0.6) is 11.5 Å². The van der Waals surface area contributed by atoms with E-state index in [1.54, 1.807) is 20.4 Å². The maximum atomic E-state index is 5.49. The zero-order valence-electron chi connectivity index (χ0n) is 13.5. The molecule has 22 heavy (non-hydrogen) atoms. The van der Waals surface area contributed by atoms with Crippen LogP contribution < -0.4 is 14.8 Å². The first-order valence-corrected chi connectivity index (χ1v) is 7.46. The van der Waals surface area contributed by atoms with Gasteiger partial charge in [-0.1, -0.05) is 19.9 Å². The fourth-order valence-electron chi connectivity index (χ4n) is 3.13. The van der Waals surface area contributed by atoms with Gasteiger partial charge in [0, 0.05) is 24.4 Å². The Labute approximate surface area is 131 Å². The monoisotopic (exact) mass is 298 g/mol. The minimum atomic E-state index is 0.0353. The van der Waals surface area contributed by atoms with Gasteiger partial charge < -0.3 is 14.8 Å². The molecule has 0 radical (unpaired) electrons. The molecular formula is C18H22N2O2. The quantitative estimate of drug-likeness (QED) is 0.946. The summed E-state index contributed by atoms with van der Waals surface area (Å²) in [6, 6.07) is 8.38. The molecule has 1 aliphatic heterocycles. The molecule has 3 rings (SSSR count). The third-order valence-corrected chi connectivity index (χ3v) is 4.36. The average molecular weight is 298 g/mol. The van der Waals surface area contributed by atoms with Crippen molar-refractivity contribution in [3.05, 3.63) is 53.3 Å². The van der Waals surface area contributed by atoms with Crippen LogP contribution in [0.15, 0.2) is 36.7 Å². The molecule has 1 aliphatic rings. The molecule has 2 heterocycles. The number of benzene rings is 1. The van der Waals surface area contributed by atoms with E-state index in [9.17, 15) is 0 Å². The van der Waals surface area contributed by atoms with Gasteiger partial charge in [0.2, 0.25) is 0 Å². The summed E-state index contributed by atoms with van der Waals surface area (Å²) in [7, 11) is 3.35. The van der Waals surface area contributed by atoms with E-state index in [2.05, 4.69) is 42.3 Å². The Morgan fingerprint density at radius 2 is 1.91 bits per heavy atom. The molecule has 0 spiro atoms. The molecule has 0 amide bonds. The highest BCUT2D eigenvalue weighted by molar-refractivity contribution is 5.53. The third kappa shape index (κ3) is 2.44. The predicted octanol–water partition coefficient (Wildman–Crippen LogP) is 3.07. The number of methoxy groups -OCH3 is 2. The molecule has 1 N–H and O–H groups in total. The zero-order chi connectivity index (χ0) is 15.7. The number of nitrogens with zero attached hydrogens (tertiary/aromatic N) is 1. The number of ether oxygens (including phenoxy) is 2. The molecule has 1 aromatic heterocycles. The van der Waals surface area contributed by atoms with E-state index >= 15 is 0 Å². The lowest BCUT2D eigenvalue weighted by atomic mass is 9.75. The van der Waals surface area contributed by atoms with Crippen molar-refractivity contribution in [3.63, 3.8) is 0 Å². The van der Waals surface area contributed by atoms with Crippen LogP contribution in [0, 0.1) is 0 Å². The van der Waals surface area contributed by atoms with Crippen LogP contribution >= 0.6 is 0 Å². The normalized spacial score (nSPS) is 19.4. The largest absolute Gasteiger partial charge is 0.493 e. The lowest BCUT2D eigenvalue weighted by molar-refractivity contribution is 0.346. The summed E-state index contributed by atoms with van der Waals surface area (Å²) >= 11 is 0. The highest BCUT2D eigenvalue weighted by atomic mass is 16.5. The Kier molecular flexibility index (Phi) is 3.79. The second-order valence-electron chi connectivity index (χ2n) is 6.28. The van der Waals surface area contributed by atoms with Crippen molar-refractivity contribution in [2.24, 2.45) is 0 Å². The summed E-state index contributed by atoms with van der Waals surface area (Å²) in [5.74, 6) is 1.54. The number of rotatable bonds is 3. The zero-order valence-corrected chi connectivity index (χ0v) is 13.5. The van der Waals surface area contributed by atoms with E-state index in [1.165, 1.54) is 11.1 Å². The summed E-state index contributed by atoms with van der Waals surface area (Å²) < 4.78 is 11.0. The van der Waals surface area contributed by atoms with Crippen molar-refractivity contribution in [3.8, 4) is 11.5 Å². The van der Waals surface area contributed by atoms with Crippen molar-refractivity contribution in [1.29, 1.82) is 0 Å². The maximum Gasteiger partial charge on any atom is 0.161 e. The van der Waals surface area contributed by atoms with Gasteiger partial charge in [0.15, 0.2) is 11.5 Å². The Balaban J connectivity index is 2.17. The molecular weight excluding hydrogens is 276 g/mol. The fraction of sp³-hybridized carbons (Fsp3) is 0.389. The van der Waals surface area contributed by atoms with Crippen molar-refractivity contribution in [2.45, 2.75) is 25.3 Å². The van der Waals surface area contributed by atoms with E-state index in [1.807, 2.05) is 12.3 Å². The number of fused-ring (bicyclic) bond motifs is 1. The Bertz CT molecular complexity index is 668. The molecule has 2 aromatic rings. The fourth-order valence-corrected chi connectivity index (χ4v) is 3.13. The summed E-state index contributed by atoms with van der Waals surface area (Å²) in [5, 5.41) is 3.63. The van der Waals surface area contributed by atoms with E-state index < -0.39 is 0 Å². The molecule has 0 fully saturated rings. The molecule has 1 aromatic carbocycles. The molecule has 0 aliphatic carbocycles. The van der Waals surface area contributed by atoms with Crippen LogP contribution in [-0.2, 0) is 5.41 Å². The lowest BCUT2D eigenvalue weighted by Gasteiger charge is -2.38. The van der Waals surface area contributed by atoms with Gasteiger partial charge in [0.1, 0.15) is 0 Å². The number of nitrogens with one attached hydrogen (secondary N) is 1. The van der Waals surface area contributed by atoms with E-state index in [-0.39, 0.29) is 11.5 Å². The third-order valence-electron chi connectivity index (χ3n) is 4.36. The SMILES string of the molecule is COc1cc2c(cc1OC)C(C)(C)CNC2c1cccnc1. The van der Waals surface area contributed by atoms with Gasteiger partial charge in [0.25, 0.3) is 0 Å². The molecule has 0 bridgehead atoms. The molecule has 4 heteroatoms. The minimum absolute atomic E-state index is 0.0353. The highest BCUT2D eigenvalue weighted by Crippen LogP contribution is 2.42. The Morgan fingerprint density at radius 3 is 2.55 bits per heavy atom. The molecule has 0 saturated heterocycles. The van der Waals surface area contributed by atoms with Crippen LogP contribution in [-0.4, -0.2) is 25.7 Å². The first-order valence-electron chi connectivity index (χ1n) is 7.46. The highest BCUT2D eigenvalue weighted by Gasteiger charge is 2.34. The molecule has 0 saturated carbocycles. The first kappa shape index (κ1) is 14.9. The van der Waals surface area contributed by atoms with E-state index in [4.69, 9.17) is 9.47 Å². The molecule has 4 nitrogen and oxygen atoms in total. The van der Waals surface area contributed by atoms with Gasteiger partial charge in [-0.15, -0.1) is 0 Å². The summed E-state index contributed by atoms with van der Waals surface area (Å²) in [6.07, 6.45) is 3.71. The van der Waals surface area contributed by atoms with E-state index in [0.29, 0.717) is 0 Å². The van der Waals surface area contributed by atoms with Crippen molar-refractivity contribution < 1.29 is 9.47 Å². The molecule has 1 atom stereocenters. The van der Waals surface area contributed by atoms with Crippen molar-refractivity contribution >= 4 is 0 Å². The van der Waals surface area contributed by atoms with Crippen LogP contribution in [0.1, 0.15) is 36.6 Å². The van der Waals surface area contributed by atoms with Crippen LogP contribution in [0.25, 0.3) is 0 Å². The Morgan fingerprint density at radius 1 is 1.18 bits per heavy atom. The van der Waals surface area contributed by atoms with Gasteiger partial charge in [-0.25, -0.2) is 0 Å². The van der Waals surface area contributed by atoms with Crippen LogP contribution in [0.3, 0.4) is 0 Å². The van der Waals surface area contributed by atoms with Gasteiger partial charge >= 0.3 is 0 Å². The van der Waals surface area contributed by atoms with Gasteiger partial charge in [-0.2, -0.15) is 0 Å². The average Bonchev–Trinajstić information content (AvgIpc) is 2.54. The number of hydrogen-bond donors (Lipinski definition) is 1.